The molecule has 0 amide bonds. The van der Waals surface area contributed by atoms with Gasteiger partial charge in [-0.15, -0.1) is 0 Å². The van der Waals surface area contributed by atoms with Crippen molar-refractivity contribution in [2.24, 2.45) is 5.73 Å². The lowest BCUT2D eigenvalue weighted by atomic mass is 9.63. The molecule has 2 aliphatic rings. The summed E-state index contributed by atoms with van der Waals surface area (Å²) in [7, 11) is 0. The van der Waals surface area contributed by atoms with Gasteiger partial charge in [-0.25, -0.2) is 4.98 Å². The van der Waals surface area contributed by atoms with E-state index in [1.54, 1.807) is 0 Å². The molecule has 1 atom stereocenters. The summed E-state index contributed by atoms with van der Waals surface area (Å²) in [6.07, 6.45) is 4.57. The second kappa shape index (κ2) is 9.12. The van der Waals surface area contributed by atoms with E-state index in [9.17, 15) is 0 Å². The minimum absolute atomic E-state index is 0.0277. The van der Waals surface area contributed by atoms with Crippen LogP contribution in [0, 0.1) is 0 Å². The highest BCUT2D eigenvalue weighted by atomic mass is 16.3. The van der Waals surface area contributed by atoms with E-state index in [1.165, 1.54) is 29.5 Å². The first-order chi connectivity index (χ1) is 15.2. The number of pyridine rings is 1. The minimum atomic E-state index is -0.182. The molecule has 1 fully saturated rings. The monoisotopic (exact) mass is 436 g/mol. The molecule has 174 valence electrons. The fraction of sp³-hybridized carbons (Fsp3) is 0.593. The molecule has 2 heterocycles. The fourth-order valence-corrected chi connectivity index (χ4v) is 5.20. The molecule has 0 spiro atoms. The van der Waals surface area contributed by atoms with Crippen LogP contribution in [0.25, 0.3) is 11.3 Å². The topological polar surface area (TPSA) is 74.4 Å². The second-order valence-electron chi connectivity index (χ2n) is 11.0. The van der Waals surface area contributed by atoms with E-state index >= 15 is 0 Å². The Morgan fingerprint density at radius 1 is 1.06 bits per heavy atom. The summed E-state index contributed by atoms with van der Waals surface area (Å²) in [6, 6.07) is 13.7. The highest BCUT2D eigenvalue weighted by Crippen LogP contribution is 2.46. The molecule has 5 nitrogen and oxygen atoms in total. The summed E-state index contributed by atoms with van der Waals surface area (Å²) in [5.74, 6) is 1.06. The van der Waals surface area contributed by atoms with Gasteiger partial charge < -0.3 is 21.1 Å². The van der Waals surface area contributed by atoms with Crippen molar-refractivity contribution < 1.29 is 5.11 Å². The van der Waals surface area contributed by atoms with Crippen molar-refractivity contribution in [3.63, 3.8) is 0 Å². The first-order valence-corrected chi connectivity index (χ1v) is 12.2. The third kappa shape index (κ3) is 4.85. The Bertz CT molecular complexity index is 931. The number of benzene rings is 1. The van der Waals surface area contributed by atoms with Gasteiger partial charge in [-0.3, -0.25) is 0 Å². The Kier molecular flexibility index (Phi) is 6.62. The van der Waals surface area contributed by atoms with Crippen molar-refractivity contribution in [1.29, 1.82) is 0 Å². The van der Waals surface area contributed by atoms with Gasteiger partial charge >= 0.3 is 0 Å². The summed E-state index contributed by atoms with van der Waals surface area (Å²) in [5, 5.41) is 12.6. The largest absolute Gasteiger partial charge is 0.395 e. The zero-order chi connectivity index (χ0) is 22.9. The van der Waals surface area contributed by atoms with Gasteiger partial charge in [0.05, 0.1) is 12.3 Å². The number of rotatable bonds is 6. The van der Waals surface area contributed by atoms with Gasteiger partial charge in [0.2, 0.25) is 0 Å². The lowest BCUT2D eigenvalue weighted by molar-refractivity contribution is 0.256. The molecular formula is C27H40N4O. The molecule has 1 aromatic heterocycles. The molecule has 0 radical (unpaired) electrons. The molecule has 4 rings (SSSR count). The highest BCUT2D eigenvalue weighted by molar-refractivity contribution is 5.65. The number of piperidine rings is 1. The van der Waals surface area contributed by atoms with Crippen LogP contribution < -0.4 is 16.0 Å². The highest BCUT2D eigenvalue weighted by Gasteiger charge is 2.37. The molecular weight excluding hydrogens is 396 g/mol. The van der Waals surface area contributed by atoms with Crippen LogP contribution in [0.15, 0.2) is 36.4 Å². The molecule has 1 aliphatic carbocycles. The normalized spacial score (nSPS) is 21.2. The van der Waals surface area contributed by atoms with Gasteiger partial charge in [0.25, 0.3) is 0 Å². The molecule has 2 aromatic rings. The van der Waals surface area contributed by atoms with Crippen molar-refractivity contribution in [3.8, 4) is 11.3 Å². The second-order valence-corrected chi connectivity index (χ2v) is 11.0. The predicted molar refractivity (Wildman–Crippen MR) is 133 cm³/mol. The van der Waals surface area contributed by atoms with E-state index in [2.05, 4.69) is 74.3 Å². The average molecular weight is 437 g/mol. The van der Waals surface area contributed by atoms with Gasteiger partial charge in [-0.2, -0.15) is 0 Å². The summed E-state index contributed by atoms with van der Waals surface area (Å²) >= 11 is 0. The van der Waals surface area contributed by atoms with E-state index in [1.807, 2.05) is 0 Å². The van der Waals surface area contributed by atoms with E-state index in [0.29, 0.717) is 12.6 Å². The number of aromatic nitrogens is 1. The van der Waals surface area contributed by atoms with Crippen molar-refractivity contribution in [3.05, 3.63) is 47.5 Å². The Labute approximate surface area is 193 Å². The standard InChI is InChI=1S/C27H40N4O/c1-26(2)12-13-27(3,4)23-16-19(8-9-22(23)26)24-6-5-7-25(30-24)31-14-10-21(11-15-31)29-17-20(28)18-32/h5-9,16,20-21,29,32H,10-15,17-18,28H2,1-4H3/t20-/m0/s1. The number of anilines is 1. The number of fused-ring (bicyclic) bond motifs is 1. The van der Waals surface area contributed by atoms with Gasteiger partial charge in [0, 0.05) is 37.3 Å². The summed E-state index contributed by atoms with van der Waals surface area (Å²) in [5.41, 5.74) is 11.5. The van der Waals surface area contributed by atoms with E-state index in [4.69, 9.17) is 15.8 Å². The average Bonchev–Trinajstić information content (AvgIpc) is 2.81. The SMILES string of the molecule is CC1(C)CCC(C)(C)c2cc(-c3cccc(N4CCC(NC[C@H](N)CO)CC4)n3)ccc21. The molecule has 0 saturated carbocycles. The van der Waals surface area contributed by atoms with Crippen molar-refractivity contribution in [2.75, 3.05) is 31.1 Å². The van der Waals surface area contributed by atoms with E-state index in [0.717, 1.165) is 37.4 Å². The number of hydrogen-bond donors (Lipinski definition) is 3. The lowest BCUT2D eigenvalue weighted by Gasteiger charge is -2.42. The summed E-state index contributed by atoms with van der Waals surface area (Å²) in [6.45, 7) is 12.1. The maximum Gasteiger partial charge on any atom is 0.129 e. The van der Waals surface area contributed by atoms with Crippen molar-refractivity contribution in [2.45, 2.75) is 76.3 Å². The Balaban J connectivity index is 1.50. The predicted octanol–water partition coefficient (Wildman–Crippen LogP) is 3.98. The van der Waals surface area contributed by atoms with Crippen LogP contribution in [0.2, 0.25) is 0 Å². The number of nitrogens with two attached hydrogens (primary N) is 1. The Morgan fingerprint density at radius 3 is 2.44 bits per heavy atom. The maximum atomic E-state index is 9.11. The molecule has 1 aliphatic heterocycles. The third-order valence-electron chi connectivity index (χ3n) is 7.61. The molecule has 0 bridgehead atoms. The minimum Gasteiger partial charge on any atom is -0.395 e. The zero-order valence-electron chi connectivity index (χ0n) is 20.2. The Morgan fingerprint density at radius 2 is 1.75 bits per heavy atom. The van der Waals surface area contributed by atoms with Gasteiger partial charge in [-0.1, -0.05) is 45.9 Å². The molecule has 0 unspecified atom stereocenters. The van der Waals surface area contributed by atoms with Crippen LogP contribution in [0.5, 0.6) is 0 Å². The number of hydrogen-bond acceptors (Lipinski definition) is 5. The fourth-order valence-electron chi connectivity index (χ4n) is 5.20. The summed E-state index contributed by atoms with van der Waals surface area (Å²) < 4.78 is 0. The number of aliphatic hydroxyl groups is 1. The van der Waals surface area contributed by atoms with Crippen LogP contribution in [-0.4, -0.2) is 48.4 Å². The molecule has 1 aromatic carbocycles. The lowest BCUT2D eigenvalue weighted by Crippen LogP contribution is -2.47. The van der Waals surface area contributed by atoms with Crippen LogP contribution in [0.1, 0.15) is 64.5 Å². The maximum absolute atomic E-state index is 9.11. The first-order valence-electron chi connectivity index (χ1n) is 12.2. The molecule has 1 saturated heterocycles. The van der Waals surface area contributed by atoms with Crippen LogP contribution in [-0.2, 0) is 10.8 Å². The van der Waals surface area contributed by atoms with Crippen LogP contribution in [0.4, 0.5) is 5.82 Å². The smallest absolute Gasteiger partial charge is 0.129 e. The van der Waals surface area contributed by atoms with Crippen molar-refractivity contribution >= 4 is 5.82 Å². The van der Waals surface area contributed by atoms with Gasteiger partial charge in [0.15, 0.2) is 0 Å². The van der Waals surface area contributed by atoms with E-state index in [-0.39, 0.29) is 23.5 Å². The molecule has 4 N–H and O–H groups in total. The Hall–Kier alpha value is -1.95. The van der Waals surface area contributed by atoms with Crippen molar-refractivity contribution in [1.82, 2.24) is 10.3 Å². The van der Waals surface area contributed by atoms with Gasteiger partial charge in [-0.05, 0) is 65.8 Å². The number of nitrogens with zero attached hydrogens (tertiary/aromatic N) is 2. The zero-order valence-corrected chi connectivity index (χ0v) is 20.2. The van der Waals surface area contributed by atoms with Gasteiger partial charge in [0.1, 0.15) is 5.82 Å². The number of aliphatic hydroxyl groups excluding tert-OH is 1. The van der Waals surface area contributed by atoms with E-state index < -0.39 is 0 Å². The third-order valence-corrected chi connectivity index (χ3v) is 7.61. The first kappa shape index (κ1) is 23.2. The van der Waals surface area contributed by atoms with Crippen LogP contribution in [0.3, 0.4) is 0 Å². The van der Waals surface area contributed by atoms with Crippen LogP contribution >= 0.6 is 0 Å². The molecule has 32 heavy (non-hydrogen) atoms. The molecule has 5 heteroatoms. The quantitative estimate of drug-likeness (QED) is 0.639. The number of nitrogens with one attached hydrogen (secondary N) is 1. The summed E-state index contributed by atoms with van der Waals surface area (Å²) in [4.78, 5) is 7.45.